The van der Waals surface area contributed by atoms with Crippen molar-refractivity contribution in [2.24, 2.45) is 0 Å². The van der Waals surface area contributed by atoms with Crippen LogP contribution in [0, 0.1) is 0 Å². The summed E-state index contributed by atoms with van der Waals surface area (Å²) in [4.78, 5) is 14.8. The fraction of sp³-hybridized carbons (Fsp3) is 0.706. The molecule has 10 heteroatoms. The third kappa shape index (κ3) is 6.67. The van der Waals surface area contributed by atoms with Crippen molar-refractivity contribution in [3.05, 3.63) is 12.7 Å². The van der Waals surface area contributed by atoms with E-state index in [-0.39, 0.29) is 12.3 Å². The smallest absolute Gasteiger partial charge is 0.167 e. The molecule has 1 saturated heterocycles. The van der Waals surface area contributed by atoms with Crippen LogP contribution in [0.1, 0.15) is 32.9 Å². The van der Waals surface area contributed by atoms with Crippen molar-refractivity contribution in [2.45, 2.75) is 44.8 Å². The number of nitrogen functional groups attached to an aromatic ring is 1. The standard InChI is InChI=1S/C14H23N7O.C3H8O2/c1-16-5-6-20(2)7-10-3-4-11(22-10)21-9-19-12-13(15)17-8-18-14(12)21;1-3(2,4)5/h8-11,16H,3-7H2,1-2H3,(H2,15,17,18);4-5H,1-2H3. The Kier molecular flexibility index (Phi) is 7.45. The number of imidazole rings is 1. The maximum Gasteiger partial charge on any atom is 0.167 e. The van der Waals surface area contributed by atoms with Crippen LogP contribution in [0.15, 0.2) is 12.7 Å². The zero-order chi connectivity index (χ0) is 20.0. The third-order valence-corrected chi connectivity index (χ3v) is 4.04. The molecule has 2 unspecified atom stereocenters. The van der Waals surface area contributed by atoms with Crippen molar-refractivity contribution in [3.8, 4) is 0 Å². The number of nitrogens with two attached hydrogens (primary N) is 1. The normalized spacial score (nSPS) is 20.1. The molecule has 152 valence electrons. The van der Waals surface area contributed by atoms with Gasteiger partial charge in [0.1, 0.15) is 18.1 Å². The predicted octanol–water partition coefficient (Wildman–Crippen LogP) is -0.0556. The molecular formula is C17H31N7O3. The third-order valence-electron chi connectivity index (χ3n) is 4.04. The highest BCUT2D eigenvalue weighted by Gasteiger charge is 2.28. The van der Waals surface area contributed by atoms with Crippen LogP contribution in [0.4, 0.5) is 5.82 Å². The minimum atomic E-state index is -1.50. The van der Waals surface area contributed by atoms with Crippen LogP contribution in [0.3, 0.4) is 0 Å². The maximum atomic E-state index is 8.08. The zero-order valence-electron chi connectivity index (χ0n) is 16.5. The van der Waals surface area contributed by atoms with E-state index in [2.05, 4.69) is 32.2 Å². The Labute approximate surface area is 159 Å². The summed E-state index contributed by atoms with van der Waals surface area (Å²) in [6.07, 6.45) is 5.42. The predicted molar refractivity (Wildman–Crippen MR) is 103 cm³/mol. The van der Waals surface area contributed by atoms with Gasteiger partial charge >= 0.3 is 0 Å². The van der Waals surface area contributed by atoms with Gasteiger partial charge in [0.15, 0.2) is 17.3 Å². The van der Waals surface area contributed by atoms with Crippen molar-refractivity contribution >= 4 is 17.0 Å². The second kappa shape index (κ2) is 9.38. The van der Waals surface area contributed by atoms with Crippen LogP contribution in [0.5, 0.6) is 0 Å². The molecular weight excluding hydrogens is 350 g/mol. The molecule has 1 fully saturated rings. The van der Waals surface area contributed by atoms with Gasteiger partial charge in [-0.25, -0.2) is 15.0 Å². The summed E-state index contributed by atoms with van der Waals surface area (Å²) in [6.45, 7) is 5.52. The Morgan fingerprint density at radius 3 is 2.70 bits per heavy atom. The van der Waals surface area contributed by atoms with Crippen LogP contribution in [0.25, 0.3) is 11.2 Å². The molecule has 0 aliphatic carbocycles. The van der Waals surface area contributed by atoms with Gasteiger partial charge in [0.25, 0.3) is 0 Å². The minimum absolute atomic E-state index is 0.0259. The van der Waals surface area contributed by atoms with Crippen LogP contribution in [-0.2, 0) is 4.74 Å². The molecule has 0 spiro atoms. The van der Waals surface area contributed by atoms with Gasteiger partial charge in [-0.2, -0.15) is 0 Å². The van der Waals surface area contributed by atoms with Gasteiger partial charge in [0.05, 0.1) is 12.4 Å². The number of anilines is 1. The maximum absolute atomic E-state index is 8.08. The average Bonchev–Trinajstić information content (AvgIpc) is 3.18. The van der Waals surface area contributed by atoms with E-state index in [1.54, 1.807) is 6.33 Å². The lowest BCUT2D eigenvalue weighted by Crippen LogP contribution is -2.33. The van der Waals surface area contributed by atoms with E-state index in [1.807, 2.05) is 11.6 Å². The van der Waals surface area contributed by atoms with Crippen molar-refractivity contribution in [1.29, 1.82) is 0 Å². The monoisotopic (exact) mass is 381 g/mol. The van der Waals surface area contributed by atoms with Gasteiger partial charge in [-0.3, -0.25) is 4.57 Å². The number of fused-ring (bicyclic) bond motifs is 1. The molecule has 2 aromatic rings. The summed E-state index contributed by atoms with van der Waals surface area (Å²) in [7, 11) is 4.09. The number of likely N-dealkylation sites (N-methyl/N-ethyl adjacent to an activating group) is 2. The van der Waals surface area contributed by atoms with Crippen LogP contribution in [-0.4, -0.2) is 80.3 Å². The van der Waals surface area contributed by atoms with E-state index in [9.17, 15) is 0 Å². The van der Waals surface area contributed by atoms with Crippen LogP contribution < -0.4 is 11.1 Å². The van der Waals surface area contributed by atoms with Gasteiger partial charge in [-0.05, 0) is 40.8 Å². The van der Waals surface area contributed by atoms with E-state index in [0.29, 0.717) is 11.3 Å². The summed E-state index contributed by atoms with van der Waals surface area (Å²) in [6, 6.07) is 0. The lowest BCUT2D eigenvalue weighted by Gasteiger charge is -2.21. The summed E-state index contributed by atoms with van der Waals surface area (Å²) >= 11 is 0. The molecule has 3 rings (SSSR count). The van der Waals surface area contributed by atoms with Gasteiger partial charge < -0.3 is 30.9 Å². The van der Waals surface area contributed by atoms with Crippen molar-refractivity contribution < 1.29 is 14.9 Å². The van der Waals surface area contributed by atoms with E-state index >= 15 is 0 Å². The van der Waals surface area contributed by atoms with E-state index in [0.717, 1.165) is 38.1 Å². The molecule has 2 atom stereocenters. The highest BCUT2D eigenvalue weighted by atomic mass is 16.5. The van der Waals surface area contributed by atoms with Gasteiger partial charge in [-0.1, -0.05) is 0 Å². The van der Waals surface area contributed by atoms with E-state index in [4.69, 9.17) is 20.7 Å². The number of hydrogen-bond donors (Lipinski definition) is 4. The first-order valence-electron chi connectivity index (χ1n) is 9.05. The fourth-order valence-electron chi connectivity index (χ4n) is 2.85. The fourth-order valence-corrected chi connectivity index (χ4v) is 2.85. The summed E-state index contributed by atoms with van der Waals surface area (Å²) < 4.78 is 8.12. The Morgan fingerprint density at radius 2 is 2.04 bits per heavy atom. The first kappa shape index (κ1) is 21.5. The lowest BCUT2D eigenvalue weighted by molar-refractivity contribution is -0.127. The van der Waals surface area contributed by atoms with Crippen LogP contribution in [0.2, 0.25) is 0 Å². The number of rotatable bonds is 6. The lowest BCUT2D eigenvalue weighted by atomic mass is 10.2. The second-order valence-electron chi connectivity index (χ2n) is 7.23. The van der Waals surface area contributed by atoms with Crippen molar-refractivity contribution in [1.82, 2.24) is 29.7 Å². The Balaban J connectivity index is 0.000000465. The molecule has 0 radical (unpaired) electrons. The average molecular weight is 381 g/mol. The first-order chi connectivity index (χ1) is 12.7. The zero-order valence-corrected chi connectivity index (χ0v) is 16.5. The molecule has 1 aliphatic heterocycles. The first-order valence-corrected chi connectivity index (χ1v) is 9.05. The summed E-state index contributed by atoms with van der Waals surface area (Å²) in [5.74, 6) is -1.09. The SMILES string of the molecule is CC(C)(O)O.CNCCN(C)CC1CCC(n2cnc3c(N)ncnc32)O1. The Hall–Kier alpha value is -1.85. The topological polar surface area (TPSA) is 135 Å². The number of ether oxygens (including phenoxy) is 1. The molecule has 1 aliphatic rings. The molecule has 10 nitrogen and oxygen atoms in total. The van der Waals surface area contributed by atoms with Gasteiger partial charge in [-0.15, -0.1) is 0 Å². The molecule has 0 aromatic carbocycles. The number of hydrogen-bond acceptors (Lipinski definition) is 9. The van der Waals surface area contributed by atoms with Crippen molar-refractivity contribution in [2.75, 3.05) is 39.5 Å². The van der Waals surface area contributed by atoms with Crippen LogP contribution >= 0.6 is 0 Å². The quantitative estimate of drug-likeness (QED) is 0.508. The Bertz CT molecular complexity index is 710. The second-order valence-corrected chi connectivity index (χ2v) is 7.23. The molecule has 0 bridgehead atoms. The highest BCUT2D eigenvalue weighted by Crippen LogP contribution is 2.31. The molecule has 0 amide bonds. The van der Waals surface area contributed by atoms with Crippen molar-refractivity contribution in [3.63, 3.8) is 0 Å². The summed E-state index contributed by atoms with van der Waals surface area (Å²) in [5, 5.41) is 19.3. The minimum Gasteiger partial charge on any atom is -0.382 e. The van der Waals surface area contributed by atoms with Gasteiger partial charge in [0.2, 0.25) is 0 Å². The largest absolute Gasteiger partial charge is 0.382 e. The molecule has 2 aromatic heterocycles. The molecule has 0 saturated carbocycles. The molecule has 3 heterocycles. The highest BCUT2D eigenvalue weighted by molar-refractivity contribution is 5.81. The molecule has 5 N–H and O–H groups in total. The Morgan fingerprint density at radius 1 is 1.33 bits per heavy atom. The van der Waals surface area contributed by atoms with E-state index < -0.39 is 5.79 Å². The number of aliphatic hydroxyl groups is 2. The van der Waals surface area contributed by atoms with E-state index in [1.165, 1.54) is 20.2 Å². The number of nitrogens with one attached hydrogen (secondary N) is 1. The number of aromatic nitrogens is 4. The van der Waals surface area contributed by atoms with Gasteiger partial charge in [0, 0.05) is 19.6 Å². The molecule has 27 heavy (non-hydrogen) atoms. The number of nitrogens with zero attached hydrogens (tertiary/aromatic N) is 5. The summed E-state index contributed by atoms with van der Waals surface area (Å²) in [5.41, 5.74) is 7.20.